The topological polar surface area (TPSA) is 59.9 Å². The zero-order chi connectivity index (χ0) is 19.2. The van der Waals surface area contributed by atoms with Gasteiger partial charge in [0.2, 0.25) is 6.79 Å². The van der Waals surface area contributed by atoms with Crippen LogP contribution in [0.15, 0.2) is 82.8 Å². The minimum absolute atomic E-state index is 0.229. The molecule has 28 heavy (non-hydrogen) atoms. The zero-order valence-corrected chi connectivity index (χ0v) is 15.8. The molecule has 1 aliphatic heterocycles. The molecule has 0 unspecified atom stereocenters. The average molecular weight is 390 g/mol. The van der Waals surface area contributed by atoms with Gasteiger partial charge in [-0.15, -0.1) is 11.8 Å². The number of fused-ring (bicyclic) bond motifs is 1. The molecule has 0 saturated carbocycles. The highest BCUT2D eigenvalue weighted by molar-refractivity contribution is 7.98. The Kier molecular flexibility index (Phi) is 5.58. The molecular weight excluding hydrogens is 372 g/mol. The minimum Gasteiger partial charge on any atom is -0.454 e. The number of hydrogen-bond acceptors (Lipinski definition) is 5. The molecule has 1 N–H and O–H groups in total. The summed E-state index contributed by atoms with van der Waals surface area (Å²) in [6, 6.07) is 23.3. The van der Waals surface area contributed by atoms with Gasteiger partial charge in [-0.25, -0.2) is 5.43 Å². The maximum atomic E-state index is 12.2. The molecule has 0 spiro atoms. The van der Waals surface area contributed by atoms with Crippen LogP contribution in [0.4, 0.5) is 0 Å². The molecule has 1 heterocycles. The molecule has 0 atom stereocenters. The van der Waals surface area contributed by atoms with Gasteiger partial charge >= 0.3 is 0 Å². The highest BCUT2D eigenvalue weighted by atomic mass is 32.2. The third-order valence-corrected chi connectivity index (χ3v) is 5.22. The van der Waals surface area contributed by atoms with E-state index in [4.69, 9.17) is 9.47 Å². The summed E-state index contributed by atoms with van der Waals surface area (Å²) in [5.74, 6) is 2.00. The fourth-order valence-corrected chi connectivity index (χ4v) is 3.53. The first kappa shape index (κ1) is 18.1. The van der Waals surface area contributed by atoms with E-state index in [1.165, 1.54) is 4.90 Å². The van der Waals surface area contributed by atoms with Crippen molar-refractivity contribution in [1.82, 2.24) is 5.43 Å². The average Bonchev–Trinajstić information content (AvgIpc) is 3.21. The lowest BCUT2D eigenvalue weighted by Crippen LogP contribution is -2.17. The van der Waals surface area contributed by atoms with Crippen LogP contribution in [0.3, 0.4) is 0 Å². The maximum absolute atomic E-state index is 12.2. The van der Waals surface area contributed by atoms with Crippen molar-refractivity contribution >= 4 is 23.9 Å². The molecule has 140 valence electrons. The van der Waals surface area contributed by atoms with Crippen LogP contribution in [0, 0.1) is 0 Å². The monoisotopic (exact) mass is 390 g/mol. The van der Waals surface area contributed by atoms with E-state index < -0.39 is 0 Å². The van der Waals surface area contributed by atoms with Gasteiger partial charge in [0.25, 0.3) is 5.91 Å². The van der Waals surface area contributed by atoms with Crippen molar-refractivity contribution in [3.8, 4) is 11.5 Å². The van der Waals surface area contributed by atoms with Crippen LogP contribution in [0.2, 0.25) is 0 Å². The van der Waals surface area contributed by atoms with Crippen LogP contribution in [-0.4, -0.2) is 18.9 Å². The number of ether oxygens (including phenoxy) is 2. The molecule has 0 aliphatic carbocycles. The minimum atomic E-state index is -0.251. The van der Waals surface area contributed by atoms with Gasteiger partial charge in [-0.2, -0.15) is 5.10 Å². The van der Waals surface area contributed by atoms with Crippen LogP contribution in [-0.2, 0) is 5.75 Å². The molecular formula is C22H18N2O3S. The Labute approximate surface area is 167 Å². The van der Waals surface area contributed by atoms with Gasteiger partial charge in [-0.1, -0.05) is 30.3 Å². The number of nitrogens with zero attached hydrogens (tertiary/aromatic N) is 1. The Morgan fingerprint density at radius 2 is 1.79 bits per heavy atom. The molecule has 3 aromatic carbocycles. The molecule has 0 aromatic heterocycles. The second-order valence-corrected chi connectivity index (χ2v) is 7.16. The number of thioether (sulfide) groups is 1. The number of nitrogens with one attached hydrogen (secondary N) is 1. The summed E-state index contributed by atoms with van der Waals surface area (Å²) in [6.07, 6.45) is 1.57. The number of hydrazone groups is 1. The first-order valence-corrected chi connectivity index (χ1v) is 9.76. The molecule has 6 heteroatoms. The molecule has 0 saturated heterocycles. The molecule has 5 nitrogen and oxygen atoms in total. The van der Waals surface area contributed by atoms with E-state index in [2.05, 4.69) is 22.7 Å². The molecule has 4 rings (SSSR count). The summed E-state index contributed by atoms with van der Waals surface area (Å²) in [5, 5.41) is 4.02. The van der Waals surface area contributed by atoms with Crippen LogP contribution < -0.4 is 14.9 Å². The Balaban J connectivity index is 1.31. The second-order valence-electron chi connectivity index (χ2n) is 6.11. The van der Waals surface area contributed by atoms with Crippen molar-refractivity contribution in [2.24, 2.45) is 5.10 Å². The largest absolute Gasteiger partial charge is 0.454 e. The van der Waals surface area contributed by atoms with E-state index in [0.29, 0.717) is 17.1 Å². The second kappa shape index (κ2) is 8.63. The Morgan fingerprint density at radius 3 is 2.61 bits per heavy atom. The summed E-state index contributed by atoms with van der Waals surface area (Å²) in [7, 11) is 0. The van der Waals surface area contributed by atoms with E-state index in [1.807, 2.05) is 60.7 Å². The fourth-order valence-electron chi connectivity index (χ4n) is 2.66. The van der Waals surface area contributed by atoms with E-state index in [1.54, 1.807) is 18.0 Å². The summed E-state index contributed by atoms with van der Waals surface area (Å²) in [5.41, 5.74) is 5.09. The molecule has 0 bridgehead atoms. The molecule has 1 amide bonds. The van der Waals surface area contributed by atoms with E-state index >= 15 is 0 Å². The summed E-state index contributed by atoms with van der Waals surface area (Å²) >= 11 is 1.76. The van der Waals surface area contributed by atoms with E-state index in [9.17, 15) is 4.79 Å². The van der Waals surface area contributed by atoms with Crippen LogP contribution in [0.5, 0.6) is 11.5 Å². The van der Waals surface area contributed by atoms with Crippen molar-refractivity contribution in [2.45, 2.75) is 10.6 Å². The van der Waals surface area contributed by atoms with Gasteiger partial charge in [0.1, 0.15) is 0 Å². The van der Waals surface area contributed by atoms with Crippen LogP contribution >= 0.6 is 11.8 Å². The van der Waals surface area contributed by atoms with Crippen molar-refractivity contribution in [3.63, 3.8) is 0 Å². The fraction of sp³-hybridized carbons (Fsp3) is 0.0909. The third-order valence-electron chi connectivity index (χ3n) is 4.14. The first-order valence-electron chi connectivity index (χ1n) is 8.78. The molecule has 0 fully saturated rings. The number of rotatable bonds is 6. The van der Waals surface area contributed by atoms with Gasteiger partial charge < -0.3 is 9.47 Å². The standard InChI is InChI=1S/C22H18N2O3S/c25-22(24-23-13-17-8-11-20-21(12-17)27-15-26-20)18-9-6-16(7-10-18)14-28-19-4-2-1-3-5-19/h1-13H,14-15H2,(H,24,25)/b23-13+. The van der Waals surface area contributed by atoms with Crippen molar-refractivity contribution < 1.29 is 14.3 Å². The summed E-state index contributed by atoms with van der Waals surface area (Å²) in [6.45, 7) is 0.229. The first-order chi connectivity index (χ1) is 13.8. The lowest BCUT2D eigenvalue weighted by atomic mass is 10.1. The number of benzene rings is 3. The number of carbonyl (C=O) groups excluding carboxylic acids is 1. The highest BCUT2D eigenvalue weighted by Gasteiger charge is 2.12. The predicted octanol–water partition coefficient (Wildman–Crippen LogP) is 4.47. The maximum Gasteiger partial charge on any atom is 0.271 e. The van der Waals surface area contributed by atoms with Gasteiger partial charge in [0.05, 0.1) is 6.21 Å². The summed E-state index contributed by atoms with van der Waals surface area (Å²) in [4.78, 5) is 13.5. The smallest absolute Gasteiger partial charge is 0.271 e. The van der Waals surface area contributed by atoms with Gasteiger partial charge in [-0.05, 0) is 53.6 Å². The van der Waals surface area contributed by atoms with E-state index in [0.717, 1.165) is 16.9 Å². The lowest BCUT2D eigenvalue weighted by Gasteiger charge is -2.04. The van der Waals surface area contributed by atoms with Crippen molar-refractivity contribution in [2.75, 3.05) is 6.79 Å². The predicted molar refractivity (Wildman–Crippen MR) is 110 cm³/mol. The quantitative estimate of drug-likeness (QED) is 0.383. The zero-order valence-electron chi connectivity index (χ0n) is 15.0. The normalized spacial score (nSPS) is 12.3. The highest BCUT2D eigenvalue weighted by Crippen LogP contribution is 2.32. The van der Waals surface area contributed by atoms with Crippen LogP contribution in [0.25, 0.3) is 0 Å². The molecule has 0 radical (unpaired) electrons. The SMILES string of the molecule is O=C(N/N=C/c1ccc2c(c1)OCO2)c1ccc(CSc2ccccc2)cc1. The summed E-state index contributed by atoms with van der Waals surface area (Å²) < 4.78 is 10.6. The van der Waals surface area contributed by atoms with E-state index in [-0.39, 0.29) is 12.7 Å². The molecule has 3 aromatic rings. The Bertz CT molecular complexity index is 988. The lowest BCUT2D eigenvalue weighted by molar-refractivity contribution is 0.0955. The molecule has 1 aliphatic rings. The number of carbonyl (C=O) groups is 1. The third kappa shape index (κ3) is 4.53. The Hall–Kier alpha value is -3.25. The number of amides is 1. The van der Waals surface area contributed by atoms with Crippen molar-refractivity contribution in [1.29, 1.82) is 0 Å². The van der Waals surface area contributed by atoms with Crippen LogP contribution in [0.1, 0.15) is 21.5 Å². The van der Waals surface area contributed by atoms with Gasteiger partial charge in [-0.3, -0.25) is 4.79 Å². The van der Waals surface area contributed by atoms with Gasteiger partial charge in [0.15, 0.2) is 11.5 Å². The van der Waals surface area contributed by atoms with Gasteiger partial charge in [0, 0.05) is 16.2 Å². The van der Waals surface area contributed by atoms with Crippen molar-refractivity contribution in [3.05, 3.63) is 89.5 Å². The Morgan fingerprint density at radius 1 is 1.00 bits per heavy atom. The number of hydrogen-bond donors (Lipinski definition) is 1.